The number of benzene rings is 1. The predicted molar refractivity (Wildman–Crippen MR) is 111 cm³/mol. The zero-order chi connectivity index (χ0) is 18.8. The lowest BCUT2D eigenvalue weighted by molar-refractivity contribution is -0.134. The Kier molecular flexibility index (Phi) is 5.72. The van der Waals surface area contributed by atoms with Crippen molar-refractivity contribution in [2.24, 2.45) is 5.92 Å². The molecule has 4 rings (SSSR count). The molecule has 0 aromatic heterocycles. The molecule has 2 saturated heterocycles. The fourth-order valence-corrected chi connectivity index (χ4v) is 5.47. The number of piperidine rings is 1. The first-order valence-corrected chi connectivity index (χ1v) is 11.0. The summed E-state index contributed by atoms with van der Waals surface area (Å²) >= 11 is 0. The van der Waals surface area contributed by atoms with Gasteiger partial charge in [0.2, 0.25) is 5.91 Å². The number of aryl methyl sites for hydroxylation is 1. The highest BCUT2D eigenvalue weighted by Gasteiger charge is 2.35. The third-order valence-corrected chi connectivity index (χ3v) is 7.25. The normalized spacial score (nSPS) is 26.7. The molecule has 4 nitrogen and oxygen atoms in total. The third kappa shape index (κ3) is 4.01. The van der Waals surface area contributed by atoms with Gasteiger partial charge in [0, 0.05) is 37.9 Å². The second kappa shape index (κ2) is 8.22. The van der Waals surface area contributed by atoms with Crippen LogP contribution in [-0.4, -0.2) is 61.0 Å². The van der Waals surface area contributed by atoms with E-state index in [4.69, 9.17) is 0 Å². The topological polar surface area (TPSA) is 26.8 Å². The van der Waals surface area contributed by atoms with Gasteiger partial charge in [-0.05, 0) is 69.2 Å². The van der Waals surface area contributed by atoms with E-state index < -0.39 is 0 Å². The Morgan fingerprint density at radius 3 is 2.52 bits per heavy atom. The fourth-order valence-electron chi connectivity index (χ4n) is 5.47. The average molecular weight is 370 g/mol. The summed E-state index contributed by atoms with van der Waals surface area (Å²) < 4.78 is 0. The van der Waals surface area contributed by atoms with Crippen molar-refractivity contribution in [2.75, 3.05) is 44.2 Å². The smallest absolute Gasteiger partial charge is 0.236 e. The van der Waals surface area contributed by atoms with Crippen molar-refractivity contribution in [1.82, 2.24) is 9.80 Å². The summed E-state index contributed by atoms with van der Waals surface area (Å²) in [5, 5.41) is 0. The van der Waals surface area contributed by atoms with Crippen LogP contribution >= 0.6 is 0 Å². The lowest BCUT2D eigenvalue weighted by atomic mass is 9.78. The van der Waals surface area contributed by atoms with E-state index in [2.05, 4.69) is 46.7 Å². The minimum absolute atomic E-state index is 0.349. The van der Waals surface area contributed by atoms with Crippen LogP contribution in [0.4, 0.5) is 5.69 Å². The molecular formula is C23H35N3O. The second-order valence-corrected chi connectivity index (χ2v) is 8.81. The first-order valence-electron chi connectivity index (χ1n) is 11.0. The number of fused-ring (bicyclic) bond motifs is 1. The summed E-state index contributed by atoms with van der Waals surface area (Å²) in [5.74, 6) is 1.20. The molecule has 0 radical (unpaired) electrons. The fraction of sp³-hybridized carbons (Fsp3) is 0.696. The van der Waals surface area contributed by atoms with Crippen LogP contribution in [0.5, 0.6) is 0 Å². The van der Waals surface area contributed by atoms with E-state index in [0.717, 1.165) is 38.6 Å². The van der Waals surface area contributed by atoms with E-state index in [-0.39, 0.29) is 0 Å². The molecule has 3 aliphatic rings. The van der Waals surface area contributed by atoms with Crippen LogP contribution < -0.4 is 4.90 Å². The summed E-state index contributed by atoms with van der Waals surface area (Å²) in [5.41, 5.74) is 4.05. The quantitative estimate of drug-likeness (QED) is 0.814. The van der Waals surface area contributed by atoms with Gasteiger partial charge in [-0.3, -0.25) is 9.69 Å². The number of carbonyl (C=O) groups is 1. The van der Waals surface area contributed by atoms with Crippen LogP contribution in [0.2, 0.25) is 0 Å². The summed E-state index contributed by atoms with van der Waals surface area (Å²) in [6, 6.07) is 7.21. The maximum Gasteiger partial charge on any atom is 0.236 e. The van der Waals surface area contributed by atoms with Gasteiger partial charge in [0.25, 0.3) is 0 Å². The van der Waals surface area contributed by atoms with Gasteiger partial charge in [0.15, 0.2) is 0 Å². The summed E-state index contributed by atoms with van der Waals surface area (Å²) in [7, 11) is 0. The van der Waals surface area contributed by atoms with Gasteiger partial charge in [-0.2, -0.15) is 0 Å². The molecular weight excluding hydrogens is 334 g/mol. The van der Waals surface area contributed by atoms with Gasteiger partial charge >= 0.3 is 0 Å². The monoisotopic (exact) mass is 369 g/mol. The maximum atomic E-state index is 13.0. The molecule has 148 valence electrons. The van der Waals surface area contributed by atoms with Crippen molar-refractivity contribution in [3.05, 3.63) is 29.3 Å². The van der Waals surface area contributed by atoms with E-state index in [1.54, 1.807) is 0 Å². The molecule has 0 spiro atoms. The minimum atomic E-state index is 0.349. The van der Waals surface area contributed by atoms with E-state index in [0.29, 0.717) is 18.5 Å². The molecule has 1 amide bonds. The molecule has 2 aliphatic heterocycles. The van der Waals surface area contributed by atoms with Gasteiger partial charge in [-0.25, -0.2) is 0 Å². The van der Waals surface area contributed by atoms with Crippen molar-refractivity contribution in [1.29, 1.82) is 0 Å². The molecule has 1 saturated carbocycles. The van der Waals surface area contributed by atoms with E-state index in [1.165, 1.54) is 55.3 Å². The van der Waals surface area contributed by atoms with Gasteiger partial charge in [0.1, 0.15) is 0 Å². The van der Waals surface area contributed by atoms with Crippen LogP contribution in [0, 0.1) is 19.8 Å². The summed E-state index contributed by atoms with van der Waals surface area (Å²) in [4.78, 5) is 20.0. The highest BCUT2D eigenvalue weighted by atomic mass is 16.2. The van der Waals surface area contributed by atoms with E-state index in [9.17, 15) is 4.79 Å². The largest absolute Gasteiger partial charge is 0.368 e. The minimum Gasteiger partial charge on any atom is -0.368 e. The molecule has 0 bridgehead atoms. The Bertz CT molecular complexity index is 664. The van der Waals surface area contributed by atoms with Crippen molar-refractivity contribution < 1.29 is 4.79 Å². The lowest BCUT2D eigenvalue weighted by Crippen LogP contribution is -2.54. The van der Waals surface area contributed by atoms with Crippen LogP contribution in [0.3, 0.4) is 0 Å². The van der Waals surface area contributed by atoms with Gasteiger partial charge < -0.3 is 9.80 Å². The molecule has 4 heteroatoms. The summed E-state index contributed by atoms with van der Waals surface area (Å²) in [6.45, 7) is 9.75. The highest BCUT2D eigenvalue weighted by Crippen LogP contribution is 2.35. The molecule has 1 aromatic rings. The number of hydrogen-bond donors (Lipinski definition) is 0. The number of piperazine rings is 1. The maximum absolute atomic E-state index is 13.0. The molecule has 2 atom stereocenters. The molecule has 0 unspecified atom stereocenters. The molecule has 2 heterocycles. The van der Waals surface area contributed by atoms with Crippen molar-refractivity contribution in [2.45, 2.75) is 58.4 Å². The Morgan fingerprint density at radius 1 is 0.963 bits per heavy atom. The van der Waals surface area contributed by atoms with Crippen LogP contribution in [0.15, 0.2) is 18.2 Å². The van der Waals surface area contributed by atoms with Gasteiger partial charge in [-0.15, -0.1) is 0 Å². The predicted octanol–water partition coefficient (Wildman–Crippen LogP) is 3.61. The van der Waals surface area contributed by atoms with Crippen LogP contribution in [-0.2, 0) is 4.79 Å². The lowest BCUT2D eigenvalue weighted by Gasteiger charge is -2.45. The van der Waals surface area contributed by atoms with E-state index >= 15 is 0 Å². The number of likely N-dealkylation sites (tertiary alicyclic amines) is 1. The standard InChI is InChI=1S/C23H35N3O/c1-18-7-5-11-21(19(18)2)24-13-15-25(16-14-24)23(27)17-26-12-6-9-20-8-3-4-10-22(20)26/h5,7,11,20,22H,3-4,6,8-10,12-17H2,1-2H3/t20-,22+/m1/s1. The van der Waals surface area contributed by atoms with Crippen molar-refractivity contribution in [3.8, 4) is 0 Å². The number of anilines is 1. The van der Waals surface area contributed by atoms with Gasteiger partial charge in [-0.1, -0.05) is 25.0 Å². The molecule has 1 aromatic carbocycles. The van der Waals surface area contributed by atoms with Crippen molar-refractivity contribution in [3.63, 3.8) is 0 Å². The number of nitrogens with zero attached hydrogens (tertiary/aromatic N) is 3. The Hall–Kier alpha value is -1.55. The van der Waals surface area contributed by atoms with Crippen LogP contribution in [0.25, 0.3) is 0 Å². The molecule has 0 N–H and O–H groups in total. The Balaban J connectivity index is 1.33. The highest BCUT2D eigenvalue weighted by molar-refractivity contribution is 5.78. The number of hydrogen-bond acceptors (Lipinski definition) is 3. The SMILES string of the molecule is Cc1cccc(N2CCN(C(=O)CN3CCC[C@H]4CCCC[C@@H]43)CC2)c1C. The Morgan fingerprint density at radius 2 is 1.70 bits per heavy atom. The number of carbonyl (C=O) groups excluding carboxylic acids is 1. The average Bonchev–Trinajstić information content (AvgIpc) is 2.70. The molecule has 1 aliphatic carbocycles. The number of amides is 1. The zero-order valence-corrected chi connectivity index (χ0v) is 17.1. The van der Waals surface area contributed by atoms with E-state index in [1.807, 2.05) is 0 Å². The number of rotatable bonds is 3. The third-order valence-electron chi connectivity index (χ3n) is 7.25. The van der Waals surface area contributed by atoms with Crippen LogP contribution in [0.1, 0.15) is 49.7 Å². The first kappa shape index (κ1) is 18.8. The van der Waals surface area contributed by atoms with Gasteiger partial charge in [0.05, 0.1) is 6.54 Å². The zero-order valence-electron chi connectivity index (χ0n) is 17.1. The molecule has 3 fully saturated rings. The Labute approximate surface area is 164 Å². The van der Waals surface area contributed by atoms with Crippen molar-refractivity contribution >= 4 is 11.6 Å². The summed E-state index contributed by atoms with van der Waals surface area (Å²) in [6.07, 6.45) is 8.07. The first-order chi connectivity index (χ1) is 13.1. The molecule has 27 heavy (non-hydrogen) atoms. The second-order valence-electron chi connectivity index (χ2n) is 8.81.